The number of fused-ring (bicyclic) bond motifs is 1. The Kier molecular flexibility index (Phi) is 5.23. The van der Waals surface area contributed by atoms with Crippen molar-refractivity contribution in [3.8, 4) is 5.75 Å². The van der Waals surface area contributed by atoms with Crippen LogP contribution >= 0.6 is 11.8 Å². The maximum absolute atomic E-state index is 13.4. The molecule has 144 valence electrons. The highest BCUT2D eigenvalue weighted by molar-refractivity contribution is 8.03. The van der Waals surface area contributed by atoms with Crippen molar-refractivity contribution in [2.75, 3.05) is 19.1 Å². The largest absolute Gasteiger partial charge is 0.497 e. The molecule has 0 unspecified atom stereocenters. The number of carbonyl (C=O) groups is 2. The number of benzene rings is 3. The van der Waals surface area contributed by atoms with Crippen molar-refractivity contribution in [2.24, 2.45) is 0 Å². The van der Waals surface area contributed by atoms with Crippen LogP contribution in [0.1, 0.15) is 20.7 Å². The zero-order valence-corrected chi connectivity index (χ0v) is 16.9. The molecule has 0 amide bonds. The molecule has 0 N–H and O–H groups in total. The summed E-state index contributed by atoms with van der Waals surface area (Å²) in [7, 11) is 3.49. The van der Waals surface area contributed by atoms with Gasteiger partial charge < -0.3 is 9.64 Å². The molecule has 0 aliphatic carbocycles. The topological polar surface area (TPSA) is 46.6 Å². The minimum Gasteiger partial charge on any atom is -0.497 e. The first-order valence-electron chi connectivity index (χ1n) is 9.13. The maximum Gasteiger partial charge on any atom is 0.199 e. The average molecular weight is 401 g/mol. The summed E-state index contributed by atoms with van der Waals surface area (Å²) in [4.78, 5) is 29.7. The molecule has 0 spiro atoms. The molecule has 1 heterocycles. The number of anilines is 1. The lowest BCUT2D eigenvalue weighted by molar-refractivity contribution is 0.0961. The van der Waals surface area contributed by atoms with Crippen molar-refractivity contribution >= 4 is 29.0 Å². The van der Waals surface area contributed by atoms with E-state index in [1.54, 1.807) is 55.6 Å². The Morgan fingerprint density at radius 3 is 1.90 bits per heavy atom. The third-order valence-electron chi connectivity index (χ3n) is 4.78. The molecular weight excluding hydrogens is 382 g/mol. The fourth-order valence-electron chi connectivity index (χ4n) is 3.25. The highest BCUT2D eigenvalue weighted by Gasteiger charge is 2.33. The third-order valence-corrected chi connectivity index (χ3v) is 6.00. The summed E-state index contributed by atoms with van der Waals surface area (Å²) in [6, 6.07) is 23.6. The van der Waals surface area contributed by atoms with Crippen molar-refractivity contribution in [1.82, 2.24) is 0 Å². The third kappa shape index (κ3) is 3.57. The van der Waals surface area contributed by atoms with E-state index in [1.807, 2.05) is 42.3 Å². The SMILES string of the molecule is COc1ccc2c(c1)SC(=C(C(=O)c1ccccc1)C(=O)c1ccccc1)N2C. The zero-order chi connectivity index (χ0) is 20.4. The molecule has 29 heavy (non-hydrogen) atoms. The highest BCUT2D eigenvalue weighted by Crippen LogP contribution is 2.48. The number of ketones is 2. The van der Waals surface area contributed by atoms with Crippen LogP contribution in [0, 0.1) is 0 Å². The molecule has 5 heteroatoms. The lowest BCUT2D eigenvalue weighted by Gasteiger charge is -2.17. The molecule has 0 aromatic heterocycles. The Hall–Kier alpha value is -3.31. The zero-order valence-electron chi connectivity index (χ0n) is 16.1. The maximum atomic E-state index is 13.4. The average Bonchev–Trinajstić information content (AvgIpc) is 3.10. The van der Waals surface area contributed by atoms with E-state index in [2.05, 4.69) is 0 Å². The van der Waals surface area contributed by atoms with Crippen LogP contribution in [0.25, 0.3) is 0 Å². The molecule has 4 nitrogen and oxygen atoms in total. The van der Waals surface area contributed by atoms with E-state index in [9.17, 15) is 9.59 Å². The standard InChI is InChI=1S/C24H19NO3S/c1-25-19-14-13-18(28-2)15-20(19)29-24(25)21(22(26)16-9-5-3-6-10-16)23(27)17-11-7-4-8-12-17/h3-15H,1-2H3. The minimum absolute atomic E-state index is 0.171. The van der Waals surface area contributed by atoms with E-state index in [4.69, 9.17) is 4.74 Å². The summed E-state index contributed by atoms with van der Waals surface area (Å²) < 4.78 is 5.32. The molecule has 3 aromatic carbocycles. The summed E-state index contributed by atoms with van der Waals surface area (Å²) in [6.07, 6.45) is 0. The lowest BCUT2D eigenvalue weighted by Crippen LogP contribution is -2.21. The van der Waals surface area contributed by atoms with Gasteiger partial charge >= 0.3 is 0 Å². The fourth-order valence-corrected chi connectivity index (χ4v) is 4.46. The first-order valence-corrected chi connectivity index (χ1v) is 9.95. The number of Topliss-reactive ketones (excluding diaryl/α,β-unsaturated/α-hetero) is 2. The van der Waals surface area contributed by atoms with Crippen molar-refractivity contribution < 1.29 is 14.3 Å². The van der Waals surface area contributed by atoms with Gasteiger partial charge in [0.05, 0.1) is 17.8 Å². The Morgan fingerprint density at radius 1 is 0.828 bits per heavy atom. The normalized spacial score (nSPS) is 12.5. The van der Waals surface area contributed by atoms with Gasteiger partial charge in [0, 0.05) is 23.1 Å². The van der Waals surface area contributed by atoms with Crippen molar-refractivity contribution in [3.05, 3.63) is 101 Å². The number of carbonyl (C=O) groups excluding carboxylic acids is 2. The van der Waals surface area contributed by atoms with E-state index in [0.717, 1.165) is 16.3 Å². The van der Waals surface area contributed by atoms with Crippen LogP contribution in [0.5, 0.6) is 5.75 Å². The van der Waals surface area contributed by atoms with Gasteiger partial charge in [-0.3, -0.25) is 9.59 Å². The van der Waals surface area contributed by atoms with Gasteiger partial charge in [0.25, 0.3) is 0 Å². The summed E-state index contributed by atoms with van der Waals surface area (Å²) in [5.74, 6) is 0.165. The number of allylic oxidation sites excluding steroid dienone is 1. The monoisotopic (exact) mass is 401 g/mol. The Bertz CT molecular complexity index is 1050. The molecule has 3 aromatic rings. The van der Waals surface area contributed by atoms with Gasteiger partial charge in [-0.05, 0) is 18.2 Å². The van der Waals surface area contributed by atoms with Gasteiger partial charge in [-0.1, -0.05) is 72.4 Å². The Labute approximate surface area is 173 Å². The number of rotatable bonds is 5. The van der Waals surface area contributed by atoms with E-state index in [-0.39, 0.29) is 17.1 Å². The van der Waals surface area contributed by atoms with Crippen LogP contribution in [0.4, 0.5) is 5.69 Å². The van der Waals surface area contributed by atoms with Gasteiger partial charge in [0.2, 0.25) is 0 Å². The van der Waals surface area contributed by atoms with E-state index in [1.165, 1.54) is 11.8 Å². The summed E-state index contributed by atoms with van der Waals surface area (Å²) in [5.41, 5.74) is 2.08. The summed E-state index contributed by atoms with van der Waals surface area (Å²) in [6.45, 7) is 0. The van der Waals surface area contributed by atoms with Crippen LogP contribution in [0.3, 0.4) is 0 Å². The second-order valence-electron chi connectivity index (χ2n) is 6.57. The lowest BCUT2D eigenvalue weighted by atomic mass is 9.96. The molecular formula is C24H19NO3S. The van der Waals surface area contributed by atoms with Crippen LogP contribution in [0.2, 0.25) is 0 Å². The second kappa shape index (κ2) is 7.97. The predicted octanol–water partition coefficient (Wildman–Crippen LogP) is 5.21. The molecule has 0 saturated heterocycles. The van der Waals surface area contributed by atoms with Gasteiger partial charge in [0.1, 0.15) is 11.3 Å². The Balaban J connectivity index is 1.86. The summed E-state index contributed by atoms with van der Waals surface area (Å²) >= 11 is 1.41. The Morgan fingerprint density at radius 2 is 1.38 bits per heavy atom. The quantitative estimate of drug-likeness (QED) is 0.254. The molecule has 0 atom stereocenters. The number of methoxy groups -OCH3 is 1. The van der Waals surface area contributed by atoms with Crippen molar-refractivity contribution in [2.45, 2.75) is 4.90 Å². The number of hydrogen-bond acceptors (Lipinski definition) is 5. The molecule has 0 bridgehead atoms. The minimum atomic E-state index is -0.284. The van der Waals surface area contributed by atoms with E-state index >= 15 is 0 Å². The smallest absolute Gasteiger partial charge is 0.199 e. The number of hydrogen-bond donors (Lipinski definition) is 0. The molecule has 0 radical (unpaired) electrons. The first-order chi connectivity index (χ1) is 14.1. The molecule has 0 saturated carbocycles. The second-order valence-corrected chi connectivity index (χ2v) is 7.60. The van der Waals surface area contributed by atoms with Gasteiger partial charge in [0.15, 0.2) is 11.6 Å². The van der Waals surface area contributed by atoms with E-state index < -0.39 is 0 Å². The summed E-state index contributed by atoms with van der Waals surface area (Å²) in [5, 5.41) is 0.621. The van der Waals surface area contributed by atoms with Crippen LogP contribution in [-0.4, -0.2) is 25.7 Å². The van der Waals surface area contributed by atoms with Crippen LogP contribution in [0.15, 0.2) is 94.4 Å². The van der Waals surface area contributed by atoms with Crippen molar-refractivity contribution in [3.63, 3.8) is 0 Å². The van der Waals surface area contributed by atoms with Gasteiger partial charge in [-0.2, -0.15) is 0 Å². The van der Waals surface area contributed by atoms with Crippen LogP contribution < -0.4 is 9.64 Å². The molecule has 4 rings (SSSR count). The molecule has 0 fully saturated rings. The molecule has 1 aliphatic rings. The number of nitrogens with zero attached hydrogens (tertiary/aromatic N) is 1. The van der Waals surface area contributed by atoms with E-state index in [0.29, 0.717) is 16.2 Å². The van der Waals surface area contributed by atoms with Crippen LogP contribution in [-0.2, 0) is 0 Å². The molecule has 1 aliphatic heterocycles. The number of thioether (sulfide) groups is 1. The fraction of sp³-hybridized carbons (Fsp3) is 0.0833. The van der Waals surface area contributed by atoms with Gasteiger partial charge in [-0.15, -0.1) is 0 Å². The highest BCUT2D eigenvalue weighted by atomic mass is 32.2. The first kappa shape index (κ1) is 19.0. The van der Waals surface area contributed by atoms with Gasteiger partial charge in [-0.25, -0.2) is 0 Å². The van der Waals surface area contributed by atoms with Crippen molar-refractivity contribution in [1.29, 1.82) is 0 Å². The predicted molar refractivity (Wildman–Crippen MR) is 116 cm³/mol. The number of ether oxygens (including phenoxy) is 1.